The zero-order valence-corrected chi connectivity index (χ0v) is 17.9. The second-order valence-electron chi connectivity index (χ2n) is 7.99. The summed E-state index contributed by atoms with van der Waals surface area (Å²) in [5.41, 5.74) is 2.86. The Kier molecular flexibility index (Phi) is 6.39. The lowest BCUT2D eigenvalue weighted by Crippen LogP contribution is -2.35. The first kappa shape index (κ1) is 20.4. The van der Waals surface area contributed by atoms with Crippen LogP contribution < -0.4 is 10.2 Å². The van der Waals surface area contributed by atoms with Crippen LogP contribution in [0.1, 0.15) is 41.9 Å². The number of nitrogens with zero attached hydrogens (tertiary/aromatic N) is 2. The van der Waals surface area contributed by atoms with E-state index in [9.17, 15) is 9.59 Å². The van der Waals surface area contributed by atoms with Gasteiger partial charge in [0.15, 0.2) is 0 Å². The maximum absolute atomic E-state index is 12.8. The number of rotatable bonds is 8. The number of nitrogens with one attached hydrogen (secondary N) is 1. The molecule has 1 aromatic carbocycles. The fourth-order valence-electron chi connectivity index (χ4n) is 3.24. The summed E-state index contributed by atoms with van der Waals surface area (Å²) in [6.07, 6.45) is 2.42. The molecule has 0 saturated heterocycles. The van der Waals surface area contributed by atoms with Crippen LogP contribution in [0.25, 0.3) is 0 Å². The minimum absolute atomic E-state index is 0.0247. The van der Waals surface area contributed by atoms with Crippen molar-refractivity contribution in [2.45, 2.75) is 33.2 Å². The average Bonchev–Trinajstić information content (AvgIpc) is 3.29. The molecule has 28 heavy (non-hydrogen) atoms. The van der Waals surface area contributed by atoms with Crippen LogP contribution in [-0.2, 0) is 11.3 Å². The summed E-state index contributed by atoms with van der Waals surface area (Å²) < 4.78 is 0. The highest BCUT2D eigenvalue weighted by molar-refractivity contribution is 7.12. The minimum Gasteiger partial charge on any atom is -0.377 e. The van der Waals surface area contributed by atoms with E-state index in [1.165, 1.54) is 24.2 Å². The zero-order valence-electron chi connectivity index (χ0n) is 17.1. The van der Waals surface area contributed by atoms with E-state index in [1.807, 2.05) is 68.6 Å². The number of carbonyl (C=O) groups excluding carboxylic acids is 2. The Morgan fingerprint density at radius 1 is 1.21 bits per heavy atom. The lowest BCUT2D eigenvalue weighted by molar-refractivity contribution is -0.135. The molecule has 2 aromatic rings. The van der Waals surface area contributed by atoms with Crippen molar-refractivity contribution in [3.05, 3.63) is 46.2 Å². The number of hydrogen-bond acceptors (Lipinski definition) is 4. The van der Waals surface area contributed by atoms with Gasteiger partial charge in [0, 0.05) is 44.5 Å². The number of benzene rings is 1. The molecular formula is C22H29N3O2S. The van der Waals surface area contributed by atoms with E-state index in [0.29, 0.717) is 17.3 Å². The van der Waals surface area contributed by atoms with Gasteiger partial charge in [0.05, 0.1) is 4.88 Å². The smallest absolute Gasteiger partial charge is 0.265 e. The Balaban J connectivity index is 1.83. The van der Waals surface area contributed by atoms with Crippen LogP contribution in [0, 0.1) is 11.8 Å². The highest BCUT2D eigenvalue weighted by atomic mass is 32.1. The largest absolute Gasteiger partial charge is 0.377 e. The number of amides is 2. The number of hydrogen-bond donors (Lipinski definition) is 1. The van der Waals surface area contributed by atoms with Crippen molar-refractivity contribution in [3.8, 4) is 0 Å². The Bertz CT molecular complexity index is 826. The minimum atomic E-state index is -0.105. The molecule has 0 atom stereocenters. The summed E-state index contributed by atoms with van der Waals surface area (Å²) in [6, 6.07) is 9.60. The predicted molar refractivity (Wildman–Crippen MR) is 116 cm³/mol. The van der Waals surface area contributed by atoms with Gasteiger partial charge in [-0.2, -0.15) is 0 Å². The van der Waals surface area contributed by atoms with Gasteiger partial charge >= 0.3 is 0 Å². The maximum atomic E-state index is 12.8. The first-order chi connectivity index (χ1) is 13.3. The lowest BCUT2D eigenvalue weighted by atomic mass is 10.1. The third-order valence-corrected chi connectivity index (χ3v) is 5.78. The highest BCUT2D eigenvalue weighted by Gasteiger charge is 2.28. The van der Waals surface area contributed by atoms with E-state index in [4.69, 9.17) is 0 Å². The summed E-state index contributed by atoms with van der Waals surface area (Å²) in [4.78, 5) is 29.9. The molecule has 1 fully saturated rings. The fraction of sp³-hybridized carbons (Fsp3) is 0.455. The van der Waals surface area contributed by atoms with Crippen molar-refractivity contribution in [1.29, 1.82) is 0 Å². The van der Waals surface area contributed by atoms with Crippen LogP contribution in [0.3, 0.4) is 0 Å². The van der Waals surface area contributed by atoms with Gasteiger partial charge in [-0.05, 0) is 54.0 Å². The van der Waals surface area contributed by atoms with E-state index in [2.05, 4.69) is 10.2 Å². The second-order valence-corrected chi connectivity index (χ2v) is 8.93. The molecule has 0 radical (unpaired) electrons. The zero-order chi connectivity index (χ0) is 20.3. The molecule has 0 aliphatic heterocycles. The molecule has 1 N–H and O–H groups in total. The van der Waals surface area contributed by atoms with E-state index < -0.39 is 0 Å². The van der Waals surface area contributed by atoms with Gasteiger partial charge in [0.25, 0.3) is 5.91 Å². The molecule has 1 aromatic heterocycles. The van der Waals surface area contributed by atoms with Gasteiger partial charge < -0.3 is 15.1 Å². The summed E-state index contributed by atoms with van der Waals surface area (Å²) in [6.45, 7) is 5.28. The average molecular weight is 400 g/mol. The van der Waals surface area contributed by atoms with Gasteiger partial charge in [-0.15, -0.1) is 11.3 Å². The van der Waals surface area contributed by atoms with Crippen molar-refractivity contribution >= 4 is 34.5 Å². The monoisotopic (exact) mass is 399 g/mol. The Morgan fingerprint density at radius 2 is 1.96 bits per heavy atom. The Morgan fingerprint density at radius 3 is 2.54 bits per heavy atom. The van der Waals surface area contributed by atoms with Crippen LogP contribution in [0.2, 0.25) is 0 Å². The molecule has 5 nitrogen and oxygen atoms in total. The molecule has 1 saturated carbocycles. The highest BCUT2D eigenvalue weighted by Crippen LogP contribution is 2.32. The molecule has 1 aliphatic carbocycles. The van der Waals surface area contributed by atoms with Crippen molar-refractivity contribution in [2.24, 2.45) is 11.8 Å². The molecule has 3 rings (SSSR count). The van der Waals surface area contributed by atoms with Gasteiger partial charge in [-0.1, -0.05) is 19.9 Å². The molecule has 0 spiro atoms. The Labute approximate surface area is 171 Å². The molecular weight excluding hydrogens is 370 g/mol. The van der Waals surface area contributed by atoms with Crippen LogP contribution in [0.5, 0.6) is 0 Å². The van der Waals surface area contributed by atoms with Gasteiger partial charge in [0.1, 0.15) is 0 Å². The molecule has 0 bridgehead atoms. The second kappa shape index (κ2) is 8.78. The third-order valence-electron chi connectivity index (χ3n) is 4.91. The standard InChI is InChI=1S/C22H29N3O2S/c1-15(2)22(27)25(13-16-7-8-16)14-17-12-18(9-10-19(17)24(3)4)23-21(26)20-6-5-11-28-20/h5-6,9-12,15-16H,7-8,13-14H2,1-4H3,(H,23,26). The quantitative estimate of drug-likeness (QED) is 0.713. The maximum Gasteiger partial charge on any atom is 0.265 e. The molecule has 150 valence electrons. The van der Waals surface area contributed by atoms with E-state index in [1.54, 1.807) is 0 Å². The van der Waals surface area contributed by atoms with E-state index in [-0.39, 0.29) is 17.7 Å². The first-order valence-electron chi connectivity index (χ1n) is 9.79. The topological polar surface area (TPSA) is 52.7 Å². The Hall–Kier alpha value is -2.34. The van der Waals surface area contributed by atoms with E-state index in [0.717, 1.165) is 23.5 Å². The SMILES string of the molecule is CC(C)C(=O)N(Cc1cc(NC(=O)c2cccs2)ccc1N(C)C)CC1CC1. The molecule has 1 aliphatic rings. The molecule has 1 heterocycles. The van der Waals surface area contributed by atoms with Crippen LogP contribution in [-0.4, -0.2) is 37.4 Å². The van der Waals surface area contributed by atoms with E-state index >= 15 is 0 Å². The first-order valence-corrected chi connectivity index (χ1v) is 10.7. The number of thiophene rings is 1. The van der Waals surface area contributed by atoms with Crippen LogP contribution >= 0.6 is 11.3 Å². The summed E-state index contributed by atoms with van der Waals surface area (Å²) in [7, 11) is 4.00. The van der Waals surface area contributed by atoms with Gasteiger partial charge in [-0.25, -0.2) is 0 Å². The van der Waals surface area contributed by atoms with Crippen molar-refractivity contribution < 1.29 is 9.59 Å². The summed E-state index contributed by atoms with van der Waals surface area (Å²) in [5, 5.41) is 4.87. The predicted octanol–water partition coefficient (Wildman–Crippen LogP) is 4.46. The van der Waals surface area contributed by atoms with Crippen LogP contribution in [0.4, 0.5) is 11.4 Å². The van der Waals surface area contributed by atoms with Crippen molar-refractivity contribution in [2.75, 3.05) is 30.9 Å². The molecule has 0 unspecified atom stereocenters. The molecule has 2 amide bonds. The summed E-state index contributed by atoms with van der Waals surface area (Å²) in [5.74, 6) is 0.687. The normalized spacial score (nSPS) is 13.5. The number of carbonyl (C=O) groups is 2. The van der Waals surface area contributed by atoms with Gasteiger partial charge in [-0.3, -0.25) is 9.59 Å². The number of anilines is 2. The van der Waals surface area contributed by atoms with Crippen molar-refractivity contribution in [3.63, 3.8) is 0 Å². The molecule has 6 heteroatoms. The fourth-order valence-corrected chi connectivity index (χ4v) is 3.86. The van der Waals surface area contributed by atoms with Gasteiger partial charge in [0.2, 0.25) is 5.91 Å². The summed E-state index contributed by atoms with van der Waals surface area (Å²) >= 11 is 1.42. The van der Waals surface area contributed by atoms with Crippen molar-refractivity contribution in [1.82, 2.24) is 4.90 Å². The van der Waals surface area contributed by atoms with Crippen LogP contribution in [0.15, 0.2) is 35.7 Å². The third kappa shape index (κ3) is 5.13. The lowest BCUT2D eigenvalue weighted by Gasteiger charge is -2.27.